The number of hydrogen-bond acceptors (Lipinski definition) is 6. The SMILES string of the molecule is Cc1ccc(-c2ccc(=O)n(Cc3noc(C(=O)NC4CC4)n3)n2)cc1C. The fraction of sp³-hybridized carbons (Fsp3) is 0.316. The number of aromatic nitrogens is 4. The highest BCUT2D eigenvalue weighted by Gasteiger charge is 2.26. The summed E-state index contributed by atoms with van der Waals surface area (Å²) in [7, 11) is 0. The molecule has 1 N–H and O–H groups in total. The van der Waals surface area contributed by atoms with Crippen LogP contribution in [0, 0.1) is 13.8 Å². The van der Waals surface area contributed by atoms with Crippen molar-refractivity contribution in [3.63, 3.8) is 0 Å². The Hall–Kier alpha value is -3.29. The van der Waals surface area contributed by atoms with E-state index < -0.39 is 0 Å². The fourth-order valence-corrected chi connectivity index (χ4v) is 2.64. The Morgan fingerprint density at radius 2 is 2.04 bits per heavy atom. The molecule has 4 rings (SSSR count). The van der Waals surface area contributed by atoms with Crippen molar-refractivity contribution in [3.05, 3.63) is 63.5 Å². The number of carbonyl (C=O) groups is 1. The summed E-state index contributed by atoms with van der Waals surface area (Å²) >= 11 is 0. The molecule has 0 radical (unpaired) electrons. The zero-order chi connectivity index (χ0) is 19.0. The van der Waals surface area contributed by atoms with Gasteiger partial charge in [-0.25, -0.2) is 4.68 Å². The molecule has 8 nitrogen and oxygen atoms in total. The summed E-state index contributed by atoms with van der Waals surface area (Å²) in [4.78, 5) is 28.2. The van der Waals surface area contributed by atoms with Gasteiger partial charge in [-0.15, -0.1) is 0 Å². The summed E-state index contributed by atoms with van der Waals surface area (Å²) in [5.41, 5.74) is 3.65. The van der Waals surface area contributed by atoms with Gasteiger partial charge in [-0.2, -0.15) is 10.1 Å². The lowest BCUT2D eigenvalue weighted by Crippen LogP contribution is -2.26. The molecule has 0 unspecified atom stereocenters. The number of nitrogens with one attached hydrogen (secondary N) is 1. The van der Waals surface area contributed by atoms with Crippen LogP contribution >= 0.6 is 0 Å². The van der Waals surface area contributed by atoms with Crippen LogP contribution in [0.2, 0.25) is 0 Å². The lowest BCUT2D eigenvalue weighted by atomic mass is 10.0. The van der Waals surface area contributed by atoms with Gasteiger partial charge in [0.2, 0.25) is 0 Å². The molecular formula is C19H19N5O3. The quantitative estimate of drug-likeness (QED) is 0.740. The molecule has 1 aromatic carbocycles. The first-order valence-electron chi connectivity index (χ1n) is 8.79. The molecule has 138 valence electrons. The number of benzene rings is 1. The Morgan fingerprint density at radius 1 is 1.22 bits per heavy atom. The second kappa shape index (κ2) is 6.79. The standard InChI is InChI=1S/C19H19N5O3/c1-11-3-4-13(9-12(11)2)15-7-8-17(25)24(22-15)10-16-21-19(27-23-16)18(26)20-14-5-6-14/h3-4,7-9,14H,5-6,10H2,1-2H3,(H,20,26). The van der Waals surface area contributed by atoms with Crippen LogP contribution in [0.25, 0.3) is 11.3 Å². The molecule has 0 spiro atoms. The van der Waals surface area contributed by atoms with Gasteiger partial charge in [0.05, 0.1) is 5.69 Å². The van der Waals surface area contributed by atoms with Gasteiger partial charge in [0.1, 0.15) is 6.54 Å². The van der Waals surface area contributed by atoms with Crippen LogP contribution < -0.4 is 10.9 Å². The van der Waals surface area contributed by atoms with Crippen LogP contribution in [0.1, 0.15) is 40.5 Å². The largest absolute Gasteiger partial charge is 0.345 e. The third-order valence-corrected chi connectivity index (χ3v) is 4.54. The van der Waals surface area contributed by atoms with Gasteiger partial charge in [-0.3, -0.25) is 9.59 Å². The molecule has 1 fully saturated rings. The molecule has 0 atom stereocenters. The lowest BCUT2D eigenvalue weighted by Gasteiger charge is -2.07. The first-order valence-corrected chi connectivity index (χ1v) is 8.79. The number of hydrogen-bond donors (Lipinski definition) is 1. The van der Waals surface area contributed by atoms with Crippen LogP contribution in [0.4, 0.5) is 0 Å². The van der Waals surface area contributed by atoms with Crippen LogP contribution in [0.3, 0.4) is 0 Å². The van der Waals surface area contributed by atoms with Gasteiger partial charge < -0.3 is 9.84 Å². The van der Waals surface area contributed by atoms with Gasteiger partial charge in [0, 0.05) is 17.7 Å². The molecule has 27 heavy (non-hydrogen) atoms. The van der Waals surface area contributed by atoms with E-state index >= 15 is 0 Å². The van der Waals surface area contributed by atoms with Gasteiger partial charge in [0.15, 0.2) is 5.82 Å². The Labute approximate surface area is 155 Å². The van der Waals surface area contributed by atoms with E-state index in [4.69, 9.17) is 4.52 Å². The van der Waals surface area contributed by atoms with Crippen molar-refractivity contribution >= 4 is 5.91 Å². The summed E-state index contributed by atoms with van der Waals surface area (Å²) in [5, 5.41) is 11.0. The van der Waals surface area contributed by atoms with E-state index in [-0.39, 0.29) is 35.8 Å². The maximum Gasteiger partial charge on any atom is 0.316 e. The third-order valence-electron chi connectivity index (χ3n) is 4.54. The van der Waals surface area contributed by atoms with E-state index in [1.807, 2.05) is 32.0 Å². The Bertz CT molecular complexity index is 1070. The highest BCUT2D eigenvalue weighted by atomic mass is 16.5. The first-order chi connectivity index (χ1) is 13.0. The predicted molar refractivity (Wildman–Crippen MR) is 97.3 cm³/mol. The molecule has 1 aliphatic carbocycles. The minimum Gasteiger partial charge on any atom is -0.345 e. The topological polar surface area (TPSA) is 103 Å². The van der Waals surface area contributed by atoms with Crippen molar-refractivity contribution in [3.8, 4) is 11.3 Å². The normalized spacial score (nSPS) is 13.6. The Kier molecular flexibility index (Phi) is 4.31. The number of aryl methyl sites for hydroxylation is 2. The molecule has 1 aliphatic rings. The Balaban J connectivity index is 1.56. The first kappa shape index (κ1) is 17.1. The molecule has 0 bridgehead atoms. The minimum absolute atomic E-state index is 0.0255. The van der Waals surface area contributed by atoms with Crippen molar-refractivity contribution in [2.75, 3.05) is 0 Å². The van der Waals surface area contributed by atoms with Crippen LogP contribution in [0.15, 0.2) is 39.6 Å². The fourth-order valence-electron chi connectivity index (χ4n) is 2.64. The van der Waals surface area contributed by atoms with Gasteiger partial charge in [0.25, 0.3) is 5.56 Å². The molecule has 8 heteroatoms. The molecule has 0 saturated heterocycles. The van der Waals surface area contributed by atoms with E-state index in [0.717, 1.165) is 24.0 Å². The smallest absolute Gasteiger partial charge is 0.316 e. The van der Waals surface area contributed by atoms with E-state index in [2.05, 4.69) is 20.6 Å². The molecule has 0 aliphatic heterocycles. The monoisotopic (exact) mass is 365 g/mol. The molecule has 1 saturated carbocycles. The van der Waals surface area contributed by atoms with Crippen LogP contribution in [-0.4, -0.2) is 31.9 Å². The van der Waals surface area contributed by atoms with Crippen LogP contribution in [0.5, 0.6) is 0 Å². The summed E-state index contributed by atoms with van der Waals surface area (Å²) in [6.45, 7) is 4.10. The highest BCUT2D eigenvalue weighted by molar-refractivity contribution is 5.89. The van der Waals surface area contributed by atoms with E-state index in [9.17, 15) is 9.59 Å². The zero-order valence-corrected chi connectivity index (χ0v) is 15.1. The van der Waals surface area contributed by atoms with Crippen molar-refractivity contribution in [2.45, 2.75) is 39.3 Å². The second-order valence-corrected chi connectivity index (χ2v) is 6.78. The highest BCUT2D eigenvalue weighted by Crippen LogP contribution is 2.20. The van der Waals surface area contributed by atoms with Crippen molar-refractivity contribution in [1.29, 1.82) is 0 Å². The number of rotatable bonds is 5. The van der Waals surface area contributed by atoms with Crippen molar-refractivity contribution in [2.24, 2.45) is 0 Å². The van der Waals surface area contributed by atoms with Gasteiger partial charge in [-0.05, 0) is 49.9 Å². The molecular weight excluding hydrogens is 346 g/mol. The van der Waals surface area contributed by atoms with Crippen LogP contribution in [-0.2, 0) is 6.54 Å². The minimum atomic E-state index is -0.388. The third kappa shape index (κ3) is 3.79. The number of amides is 1. The van der Waals surface area contributed by atoms with E-state index in [1.54, 1.807) is 6.07 Å². The summed E-state index contributed by atoms with van der Waals surface area (Å²) in [6.07, 6.45) is 1.94. The number of nitrogens with zero attached hydrogens (tertiary/aromatic N) is 4. The van der Waals surface area contributed by atoms with E-state index in [1.165, 1.54) is 16.3 Å². The lowest BCUT2D eigenvalue weighted by molar-refractivity contribution is 0.0907. The summed E-state index contributed by atoms with van der Waals surface area (Å²) in [5.74, 6) is -0.265. The molecule has 2 aromatic heterocycles. The van der Waals surface area contributed by atoms with Crippen molar-refractivity contribution in [1.82, 2.24) is 25.2 Å². The predicted octanol–water partition coefficient (Wildman–Crippen LogP) is 1.85. The number of carbonyl (C=O) groups excluding carboxylic acids is 1. The zero-order valence-electron chi connectivity index (χ0n) is 15.1. The molecule has 1 amide bonds. The molecule has 2 heterocycles. The van der Waals surface area contributed by atoms with Crippen molar-refractivity contribution < 1.29 is 9.32 Å². The van der Waals surface area contributed by atoms with Gasteiger partial charge >= 0.3 is 11.8 Å². The summed E-state index contributed by atoms with van der Waals surface area (Å²) < 4.78 is 6.26. The second-order valence-electron chi connectivity index (χ2n) is 6.78. The van der Waals surface area contributed by atoms with Gasteiger partial charge in [-0.1, -0.05) is 17.3 Å². The molecule has 3 aromatic rings. The Morgan fingerprint density at radius 3 is 2.78 bits per heavy atom. The average Bonchev–Trinajstić information content (AvgIpc) is 3.34. The average molecular weight is 365 g/mol. The van der Waals surface area contributed by atoms with E-state index in [0.29, 0.717) is 5.69 Å². The maximum atomic E-state index is 12.2. The maximum absolute atomic E-state index is 12.2. The summed E-state index contributed by atoms with van der Waals surface area (Å²) in [6, 6.07) is 9.36.